The van der Waals surface area contributed by atoms with Gasteiger partial charge < -0.3 is 18.9 Å². The molecule has 3 heterocycles. The lowest BCUT2D eigenvalue weighted by Gasteiger charge is -2.23. The van der Waals surface area contributed by atoms with Crippen molar-refractivity contribution in [3.63, 3.8) is 0 Å². The highest BCUT2D eigenvalue weighted by Crippen LogP contribution is 2.38. The van der Waals surface area contributed by atoms with E-state index < -0.39 is 47.4 Å². The van der Waals surface area contributed by atoms with Crippen molar-refractivity contribution in [2.24, 2.45) is 0 Å². The maximum Gasteiger partial charge on any atom is 0.303 e. The fourth-order valence-corrected chi connectivity index (χ4v) is 3.99. The molecule has 1 aliphatic rings. The highest BCUT2D eigenvalue weighted by molar-refractivity contribution is 5.90. The molecule has 0 saturated carbocycles. The van der Waals surface area contributed by atoms with Gasteiger partial charge in [0.15, 0.2) is 24.1 Å². The fraction of sp³-hybridized carbons (Fsp3) is 0.364. The zero-order chi connectivity index (χ0) is 26.0. The summed E-state index contributed by atoms with van der Waals surface area (Å²) in [6, 6.07) is 6.05. The highest BCUT2D eigenvalue weighted by atomic mass is 16.7. The van der Waals surface area contributed by atoms with Crippen molar-refractivity contribution in [1.82, 2.24) is 19.5 Å². The van der Waals surface area contributed by atoms with Crippen molar-refractivity contribution in [3.8, 4) is 11.3 Å². The van der Waals surface area contributed by atoms with Gasteiger partial charge in [-0.05, 0) is 6.07 Å². The van der Waals surface area contributed by atoms with Crippen LogP contribution >= 0.6 is 0 Å². The zero-order valence-corrected chi connectivity index (χ0v) is 19.4. The van der Waals surface area contributed by atoms with E-state index in [1.807, 2.05) is 0 Å². The summed E-state index contributed by atoms with van der Waals surface area (Å²) in [5.74, 6) is -1.91. The second kappa shape index (κ2) is 10.0. The number of nitro groups is 1. The number of carbonyl (C=O) groups excluding carboxylic acids is 3. The molecule has 0 bridgehead atoms. The Hall–Kier alpha value is -4.46. The molecule has 14 nitrogen and oxygen atoms in total. The van der Waals surface area contributed by atoms with Crippen molar-refractivity contribution in [3.05, 3.63) is 47.0 Å². The summed E-state index contributed by atoms with van der Waals surface area (Å²) in [4.78, 5) is 58.9. The van der Waals surface area contributed by atoms with Crippen LogP contribution in [0.2, 0.25) is 0 Å². The summed E-state index contributed by atoms with van der Waals surface area (Å²) < 4.78 is 23.3. The van der Waals surface area contributed by atoms with Gasteiger partial charge in [0, 0.05) is 26.8 Å². The van der Waals surface area contributed by atoms with E-state index in [0.717, 1.165) is 0 Å². The topological polar surface area (TPSA) is 175 Å². The summed E-state index contributed by atoms with van der Waals surface area (Å²) in [5, 5.41) is 11.6. The van der Waals surface area contributed by atoms with Gasteiger partial charge in [0.25, 0.3) is 5.69 Å². The number of hydrogen-bond acceptors (Lipinski definition) is 12. The lowest BCUT2D eigenvalue weighted by Crippen LogP contribution is -2.40. The van der Waals surface area contributed by atoms with Crippen molar-refractivity contribution >= 4 is 34.8 Å². The molecule has 1 aromatic carbocycles. The van der Waals surface area contributed by atoms with Gasteiger partial charge in [-0.15, -0.1) is 0 Å². The van der Waals surface area contributed by atoms with Crippen LogP contribution in [0.4, 0.5) is 5.69 Å². The minimum Gasteiger partial charge on any atom is -0.463 e. The lowest BCUT2D eigenvalue weighted by atomic mass is 10.1. The smallest absolute Gasteiger partial charge is 0.303 e. The number of fused-ring (bicyclic) bond motifs is 1. The number of benzene rings is 1. The summed E-state index contributed by atoms with van der Waals surface area (Å²) in [5.41, 5.74) is 0.716. The Morgan fingerprint density at radius 3 is 2.39 bits per heavy atom. The van der Waals surface area contributed by atoms with Gasteiger partial charge in [0.2, 0.25) is 0 Å². The van der Waals surface area contributed by atoms with Gasteiger partial charge in [-0.25, -0.2) is 15.0 Å². The number of ether oxygens (including phenoxy) is 4. The molecule has 3 aromatic rings. The normalized spacial score (nSPS) is 21.2. The molecule has 0 aliphatic carbocycles. The molecule has 4 unspecified atom stereocenters. The van der Waals surface area contributed by atoms with E-state index >= 15 is 0 Å². The number of hydrogen-bond donors (Lipinski definition) is 0. The third-order valence-corrected chi connectivity index (χ3v) is 5.33. The number of nitrogens with zero attached hydrogens (tertiary/aromatic N) is 5. The van der Waals surface area contributed by atoms with Crippen LogP contribution in [0.5, 0.6) is 0 Å². The van der Waals surface area contributed by atoms with E-state index in [0.29, 0.717) is 0 Å². The first-order valence-corrected chi connectivity index (χ1v) is 10.7. The van der Waals surface area contributed by atoms with E-state index in [-0.39, 0.29) is 34.7 Å². The van der Waals surface area contributed by atoms with Gasteiger partial charge in [0.05, 0.1) is 16.8 Å². The SMILES string of the molecule is CC(=O)OCC1OC(n2cnc3c(-c4ccccc4[N+](=O)[O-])ncnc32)C(OC(C)=O)C1OC(C)=O. The molecule has 0 spiro atoms. The van der Waals surface area contributed by atoms with Crippen LogP contribution in [0.3, 0.4) is 0 Å². The second-order valence-electron chi connectivity index (χ2n) is 7.84. The Bertz CT molecular complexity index is 1340. The summed E-state index contributed by atoms with van der Waals surface area (Å²) in [7, 11) is 0. The maximum atomic E-state index is 11.9. The number of rotatable bonds is 7. The Morgan fingerprint density at radius 2 is 1.72 bits per heavy atom. The van der Waals surface area contributed by atoms with E-state index in [9.17, 15) is 24.5 Å². The molecule has 0 radical (unpaired) electrons. The number of imidazole rings is 1. The first-order valence-electron chi connectivity index (χ1n) is 10.7. The third kappa shape index (κ3) is 4.84. The predicted molar refractivity (Wildman–Crippen MR) is 119 cm³/mol. The number of esters is 3. The molecule has 1 saturated heterocycles. The van der Waals surface area contributed by atoms with E-state index in [4.69, 9.17) is 18.9 Å². The number of carbonyl (C=O) groups is 3. The molecular weight excluding hydrogens is 478 g/mol. The standard InChI is InChI=1S/C22H21N5O9/c1-11(28)33-8-16-19(34-12(2)29)20(35-13(3)30)22(36-16)26-10-25-18-17(23-9-24-21(18)26)14-6-4-5-7-15(14)27(31)32/h4-7,9-10,16,19-20,22H,8H2,1-3H3. The van der Waals surface area contributed by atoms with Crippen molar-refractivity contribution < 1.29 is 38.3 Å². The van der Waals surface area contributed by atoms with Gasteiger partial charge in [-0.2, -0.15) is 0 Å². The van der Waals surface area contributed by atoms with Gasteiger partial charge in [0.1, 0.15) is 30.2 Å². The van der Waals surface area contributed by atoms with Crippen LogP contribution in [0, 0.1) is 10.1 Å². The number of nitro benzene ring substituents is 1. The fourth-order valence-electron chi connectivity index (χ4n) is 3.99. The summed E-state index contributed by atoms with van der Waals surface area (Å²) >= 11 is 0. The van der Waals surface area contributed by atoms with Gasteiger partial charge >= 0.3 is 17.9 Å². The summed E-state index contributed by atoms with van der Waals surface area (Å²) in [6.45, 7) is 3.30. The van der Waals surface area contributed by atoms with E-state index in [1.54, 1.807) is 12.1 Å². The molecule has 1 aliphatic heterocycles. The van der Waals surface area contributed by atoms with Crippen LogP contribution in [0.1, 0.15) is 27.0 Å². The van der Waals surface area contributed by atoms with Crippen LogP contribution in [0.25, 0.3) is 22.4 Å². The minimum atomic E-state index is -1.14. The quantitative estimate of drug-likeness (QED) is 0.199. The summed E-state index contributed by atoms with van der Waals surface area (Å²) in [6.07, 6.45) is -1.75. The van der Waals surface area contributed by atoms with Gasteiger partial charge in [-0.1, -0.05) is 12.1 Å². The zero-order valence-electron chi connectivity index (χ0n) is 19.4. The van der Waals surface area contributed by atoms with Crippen LogP contribution in [-0.2, 0) is 33.3 Å². The molecule has 4 atom stereocenters. The average molecular weight is 499 g/mol. The van der Waals surface area contributed by atoms with E-state index in [1.165, 1.54) is 50.1 Å². The van der Waals surface area contributed by atoms with Crippen LogP contribution in [-0.4, -0.2) is 67.3 Å². The molecule has 0 N–H and O–H groups in total. The van der Waals surface area contributed by atoms with Crippen molar-refractivity contribution in [1.29, 1.82) is 0 Å². The number of aromatic nitrogens is 4. The first-order chi connectivity index (χ1) is 17.2. The molecule has 36 heavy (non-hydrogen) atoms. The molecule has 14 heteroatoms. The van der Waals surface area contributed by atoms with Crippen molar-refractivity contribution in [2.75, 3.05) is 6.61 Å². The number of para-hydroxylation sites is 1. The van der Waals surface area contributed by atoms with Crippen LogP contribution in [0.15, 0.2) is 36.9 Å². The average Bonchev–Trinajstić information content (AvgIpc) is 3.38. The van der Waals surface area contributed by atoms with Crippen molar-refractivity contribution in [2.45, 2.75) is 45.3 Å². The first kappa shape index (κ1) is 24.7. The Kier molecular flexibility index (Phi) is 6.87. The largest absolute Gasteiger partial charge is 0.463 e. The van der Waals surface area contributed by atoms with Crippen LogP contribution < -0.4 is 0 Å². The molecular formula is C22H21N5O9. The minimum absolute atomic E-state index is 0.168. The monoisotopic (exact) mass is 499 g/mol. The molecule has 1 fully saturated rings. The Labute approximate surface area is 203 Å². The van der Waals surface area contributed by atoms with E-state index in [2.05, 4.69) is 15.0 Å². The predicted octanol–water partition coefficient (Wildman–Crippen LogP) is 1.73. The second-order valence-corrected chi connectivity index (χ2v) is 7.84. The molecule has 4 rings (SSSR count). The Balaban J connectivity index is 1.80. The molecule has 2 aromatic heterocycles. The third-order valence-electron chi connectivity index (χ3n) is 5.33. The molecule has 0 amide bonds. The molecule has 188 valence electrons. The lowest BCUT2D eigenvalue weighted by molar-refractivity contribution is -0.384. The van der Waals surface area contributed by atoms with Gasteiger partial charge in [-0.3, -0.25) is 29.1 Å². The highest BCUT2D eigenvalue weighted by Gasteiger charge is 2.51. The Morgan fingerprint density at radius 1 is 1.03 bits per heavy atom. The maximum absolute atomic E-state index is 11.9.